The molecule has 0 aromatic carbocycles. The lowest BCUT2D eigenvalue weighted by molar-refractivity contribution is 1.81. The van der Waals surface area contributed by atoms with E-state index in [1.165, 1.54) is 0 Å². The van der Waals surface area contributed by atoms with Gasteiger partial charge >= 0.3 is 0 Å². The lowest BCUT2D eigenvalue weighted by atomic mass is 10.6. The highest BCUT2D eigenvalue weighted by Gasteiger charge is 1.89. The van der Waals surface area contributed by atoms with Crippen molar-refractivity contribution in [1.82, 2.24) is 0 Å². The molecule has 1 aromatic heterocycles. The van der Waals surface area contributed by atoms with E-state index in [0.717, 1.165) is 10.2 Å². The van der Waals surface area contributed by atoms with Crippen molar-refractivity contribution < 1.29 is 0 Å². The Morgan fingerprint density at radius 2 is 2.12 bits per heavy atom. The SMILES string of the molecule is Cl.Nc1cscc1Br. The summed E-state index contributed by atoms with van der Waals surface area (Å²) in [5, 5.41) is 3.85. The van der Waals surface area contributed by atoms with Gasteiger partial charge in [-0.25, -0.2) is 0 Å². The predicted molar refractivity (Wildman–Crippen MR) is 43.7 cm³/mol. The quantitative estimate of drug-likeness (QED) is 0.706. The molecule has 0 aliphatic heterocycles. The summed E-state index contributed by atoms with van der Waals surface area (Å²) in [7, 11) is 0. The van der Waals surface area contributed by atoms with Crippen LogP contribution in [0.25, 0.3) is 0 Å². The molecule has 4 heteroatoms. The van der Waals surface area contributed by atoms with Crippen molar-refractivity contribution in [2.24, 2.45) is 0 Å². The smallest absolute Gasteiger partial charge is 0.0567 e. The first-order chi connectivity index (χ1) is 3.30. The lowest BCUT2D eigenvalue weighted by Gasteiger charge is -1.78. The number of anilines is 1. The fraction of sp³-hybridized carbons (Fsp3) is 0. The monoisotopic (exact) mass is 213 g/mol. The molecule has 0 aliphatic carbocycles. The molecule has 46 valence electrons. The zero-order chi connectivity index (χ0) is 5.28. The third kappa shape index (κ3) is 1.65. The van der Waals surface area contributed by atoms with Crippen LogP contribution in [0.5, 0.6) is 0 Å². The molecule has 0 saturated carbocycles. The van der Waals surface area contributed by atoms with Gasteiger partial charge in [-0.15, -0.1) is 23.7 Å². The molecule has 1 nitrogen and oxygen atoms in total. The number of hydrogen-bond acceptors (Lipinski definition) is 2. The van der Waals surface area contributed by atoms with Gasteiger partial charge < -0.3 is 5.73 Å². The average molecular weight is 215 g/mol. The molecule has 0 saturated heterocycles. The predicted octanol–water partition coefficient (Wildman–Crippen LogP) is 2.51. The molecule has 1 rings (SSSR count). The number of thiophene rings is 1. The largest absolute Gasteiger partial charge is 0.397 e. The van der Waals surface area contributed by atoms with Crippen molar-refractivity contribution in [2.45, 2.75) is 0 Å². The Bertz CT molecular complexity index is 148. The van der Waals surface area contributed by atoms with Crippen LogP contribution in [0.15, 0.2) is 15.2 Å². The summed E-state index contributed by atoms with van der Waals surface area (Å²) in [6.07, 6.45) is 0. The van der Waals surface area contributed by atoms with E-state index in [1.54, 1.807) is 11.3 Å². The average Bonchev–Trinajstić information content (AvgIpc) is 1.91. The minimum absolute atomic E-state index is 0. The highest BCUT2D eigenvalue weighted by Crippen LogP contribution is 2.22. The summed E-state index contributed by atoms with van der Waals surface area (Å²) in [5.41, 5.74) is 6.23. The molecule has 2 N–H and O–H groups in total. The topological polar surface area (TPSA) is 26.0 Å². The zero-order valence-electron chi connectivity index (χ0n) is 3.93. The lowest BCUT2D eigenvalue weighted by Crippen LogP contribution is -1.77. The van der Waals surface area contributed by atoms with Crippen molar-refractivity contribution in [2.75, 3.05) is 5.73 Å². The third-order valence-corrected chi connectivity index (χ3v) is 2.39. The minimum Gasteiger partial charge on any atom is -0.397 e. The normalized spacial score (nSPS) is 8.12. The van der Waals surface area contributed by atoms with Crippen LogP contribution in [0, 0.1) is 0 Å². The van der Waals surface area contributed by atoms with Crippen LogP contribution >= 0.6 is 39.7 Å². The van der Waals surface area contributed by atoms with E-state index in [4.69, 9.17) is 5.73 Å². The van der Waals surface area contributed by atoms with E-state index >= 15 is 0 Å². The van der Waals surface area contributed by atoms with Gasteiger partial charge in [-0.3, -0.25) is 0 Å². The Hall–Kier alpha value is 0.270. The van der Waals surface area contributed by atoms with Gasteiger partial charge in [-0.2, -0.15) is 0 Å². The molecule has 0 amide bonds. The molecule has 0 unspecified atom stereocenters. The Morgan fingerprint density at radius 3 is 2.25 bits per heavy atom. The van der Waals surface area contributed by atoms with Crippen molar-refractivity contribution >= 4 is 45.4 Å². The molecule has 0 radical (unpaired) electrons. The summed E-state index contributed by atoms with van der Waals surface area (Å²) < 4.78 is 0.998. The Labute approximate surface area is 66.4 Å². The van der Waals surface area contributed by atoms with Crippen molar-refractivity contribution in [3.63, 3.8) is 0 Å². The maximum atomic E-state index is 5.40. The Morgan fingerprint density at radius 1 is 1.50 bits per heavy atom. The van der Waals surface area contributed by atoms with Gasteiger partial charge in [0.2, 0.25) is 0 Å². The first-order valence-corrected chi connectivity index (χ1v) is 3.51. The standard InChI is InChI=1S/C4H4BrNS.ClH/c5-3-1-7-2-4(3)6;/h1-2H,6H2;1H. The van der Waals surface area contributed by atoms with Gasteiger partial charge in [-0.05, 0) is 15.9 Å². The van der Waals surface area contributed by atoms with E-state index in [9.17, 15) is 0 Å². The van der Waals surface area contributed by atoms with Gasteiger partial charge in [-0.1, -0.05) is 0 Å². The van der Waals surface area contributed by atoms with E-state index in [1.807, 2.05) is 10.8 Å². The summed E-state index contributed by atoms with van der Waals surface area (Å²) >= 11 is 4.84. The first-order valence-electron chi connectivity index (χ1n) is 1.78. The van der Waals surface area contributed by atoms with Gasteiger partial charge in [0.1, 0.15) is 0 Å². The van der Waals surface area contributed by atoms with Crippen LogP contribution < -0.4 is 5.73 Å². The Kier molecular flexibility index (Phi) is 3.44. The second-order valence-corrected chi connectivity index (χ2v) is 2.77. The number of nitrogens with two attached hydrogens (primary N) is 1. The fourth-order valence-electron chi connectivity index (χ4n) is 0.291. The molecule has 1 heterocycles. The second-order valence-electron chi connectivity index (χ2n) is 1.18. The highest BCUT2D eigenvalue weighted by atomic mass is 79.9. The van der Waals surface area contributed by atoms with Crippen LogP contribution in [0.2, 0.25) is 0 Å². The second kappa shape index (κ2) is 3.33. The first kappa shape index (κ1) is 8.27. The molecule has 0 fully saturated rings. The zero-order valence-corrected chi connectivity index (χ0v) is 7.15. The molecular formula is C4H5BrClNS. The third-order valence-electron chi connectivity index (χ3n) is 0.642. The molecular weight excluding hydrogens is 209 g/mol. The van der Waals surface area contributed by atoms with E-state index in [2.05, 4.69) is 15.9 Å². The maximum Gasteiger partial charge on any atom is 0.0567 e. The molecule has 0 spiro atoms. The highest BCUT2D eigenvalue weighted by molar-refractivity contribution is 9.10. The van der Waals surface area contributed by atoms with Gasteiger partial charge in [0.25, 0.3) is 0 Å². The summed E-state index contributed by atoms with van der Waals surface area (Å²) in [6.45, 7) is 0. The Balaban J connectivity index is 0.000000490. The molecule has 0 bridgehead atoms. The van der Waals surface area contributed by atoms with Gasteiger partial charge in [0.15, 0.2) is 0 Å². The fourth-order valence-corrected chi connectivity index (χ4v) is 1.48. The van der Waals surface area contributed by atoms with Crippen LogP contribution in [-0.4, -0.2) is 0 Å². The maximum absolute atomic E-state index is 5.40. The number of rotatable bonds is 0. The van der Waals surface area contributed by atoms with Crippen molar-refractivity contribution in [3.8, 4) is 0 Å². The molecule has 8 heavy (non-hydrogen) atoms. The van der Waals surface area contributed by atoms with Crippen molar-refractivity contribution in [1.29, 1.82) is 0 Å². The van der Waals surface area contributed by atoms with Crippen LogP contribution in [-0.2, 0) is 0 Å². The van der Waals surface area contributed by atoms with Crippen LogP contribution in [0.3, 0.4) is 0 Å². The number of hydrogen-bond donors (Lipinski definition) is 1. The molecule has 0 aliphatic rings. The minimum atomic E-state index is 0. The van der Waals surface area contributed by atoms with Crippen LogP contribution in [0.1, 0.15) is 0 Å². The summed E-state index contributed by atoms with van der Waals surface area (Å²) in [5.74, 6) is 0. The van der Waals surface area contributed by atoms with Gasteiger partial charge in [0, 0.05) is 10.8 Å². The van der Waals surface area contributed by atoms with E-state index < -0.39 is 0 Å². The molecule has 1 aromatic rings. The van der Waals surface area contributed by atoms with E-state index in [0.29, 0.717) is 0 Å². The van der Waals surface area contributed by atoms with Gasteiger partial charge in [0.05, 0.1) is 10.2 Å². The summed E-state index contributed by atoms with van der Waals surface area (Å²) in [4.78, 5) is 0. The summed E-state index contributed by atoms with van der Waals surface area (Å²) in [6, 6.07) is 0. The van der Waals surface area contributed by atoms with Crippen molar-refractivity contribution in [3.05, 3.63) is 15.2 Å². The van der Waals surface area contributed by atoms with E-state index in [-0.39, 0.29) is 12.4 Å². The van der Waals surface area contributed by atoms with Crippen LogP contribution in [0.4, 0.5) is 5.69 Å². The number of halogens is 2. The molecule has 0 atom stereocenters. The number of nitrogen functional groups attached to an aromatic ring is 1.